The second kappa shape index (κ2) is 5.58. The smallest absolute Gasteiger partial charge is 0.338 e. The number of nitrogens with zero attached hydrogens (tertiary/aromatic N) is 2. The standard InChI is InChI=1S/C15H13ClN2O2S/c1-9-12(14(19)20-2)13(10-3-5-11(16)6-4-10)18-7-8-21-15(18)17-9/h3-8,13H,1-2H3/t13-/m1/s1. The van der Waals surface area contributed by atoms with Crippen LogP contribution in [0, 0.1) is 0 Å². The molecule has 4 nitrogen and oxygen atoms in total. The molecule has 0 aromatic heterocycles. The zero-order valence-electron chi connectivity index (χ0n) is 11.5. The summed E-state index contributed by atoms with van der Waals surface area (Å²) < 4.78 is 4.93. The number of benzene rings is 1. The van der Waals surface area contributed by atoms with E-state index in [2.05, 4.69) is 4.99 Å². The number of ether oxygens (including phenoxy) is 1. The molecule has 3 rings (SSSR count). The van der Waals surface area contributed by atoms with Crippen LogP contribution in [0.5, 0.6) is 0 Å². The van der Waals surface area contributed by atoms with Crippen LogP contribution >= 0.6 is 23.4 Å². The van der Waals surface area contributed by atoms with Gasteiger partial charge in [-0.2, -0.15) is 0 Å². The number of aliphatic imine (C=N–C) groups is 1. The lowest BCUT2D eigenvalue weighted by Crippen LogP contribution is -2.33. The van der Waals surface area contributed by atoms with E-state index in [1.807, 2.05) is 47.7 Å². The van der Waals surface area contributed by atoms with E-state index in [9.17, 15) is 4.79 Å². The number of methoxy groups -OCH3 is 1. The van der Waals surface area contributed by atoms with Crippen molar-refractivity contribution in [3.63, 3.8) is 0 Å². The molecule has 6 heteroatoms. The third kappa shape index (κ3) is 2.47. The number of esters is 1. The van der Waals surface area contributed by atoms with Crippen molar-refractivity contribution in [3.05, 3.63) is 57.7 Å². The minimum Gasteiger partial charge on any atom is -0.466 e. The molecule has 0 amide bonds. The SMILES string of the molecule is COC(=O)C1=C(C)N=C2SC=CN2[C@@H]1c1ccc(Cl)cc1. The summed E-state index contributed by atoms with van der Waals surface area (Å²) in [4.78, 5) is 18.6. The molecule has 108 valence electrons. The number of amidine groups is 1. The van der Waals surface area contributed by atoms with Gasteiger partial charge in [-0.3, -0.25) is 0 Å². The Morgan fingerprint density at radius 2 is 2.10 bits per heavy atom. The Morgan fingerprint density at radius 1 is 1.38 bits per heavy atom. The molecular weight excluding hydrogens is 308 g/mol. The zero-order chi connectivity index (χ0) is 15.0. The van der Waals surface area contributed by atoms with Gasteiger partial charge in [0.1, 0.15) is 0 Å². The molecular formula is C15H13ClN2O2S. The topological polar surface area (TPSA) is 41.9 Å². The molecule has 1 aromatic carbocycles. The van der Waals surface area contributed by atoms with Crippen LogP contribution in [0.2, 0.25) is 5.02 Å². The van der Waals surface area contributed by atoms with E-state index >= 15 is 0 Å². The summed E-state index contributed by atoms with van der Waals surface area (Å²) in [6.45, 7) is 1.83. The first kappa shape index (κ1) is 14.2. The summed E-state index contributed by atoms with van der Waals surface area (Å²) in [5.41, 5.74) is 2.21. The number of halogens is 1. The van der Waals surface area contributed by atoms with Crippen LogP contribution < -0.4 is 0 Å². The Bertz CT molecular complexity index is 679. The van der Waals surface area contributed by atoms with Gasteiger partial charge in [-0.05, 0) is 30.0 Å². The number of hydrogen-bond donors (Lipinski definition) is 0. The zero-order valence-corrected chi connectivity index (χ0v) is 13.1. The van der Waals surface area contributed by atoms with Crippen molar-refractivity contribution in [2.45, 2.75) is 13.0 Å². The lowest BCUT2D eigenvalue weighted by atomic mass is 9.95. The van der Waals surface area contributed by atoms with Gasteiger partial charge in [0.2, 0.25) is 0 Å². The van der Waals surface area contributed by atoms with Crippen molar-refractivity contribution in [1.82, 2.24) is 4.90 Å². The van der Waals surface area contributed by atoms with E-state index in [4.69, 9.17) is 16.3 Å². The van der Waals surface area contributed by atoms with E-state index < -0.39 is 0 Å². The predicted octanol–water partition coefficient (Wildman–Crippen LogP) is 3.72. The summed E-state index contributed by atoms with van der Waals surface area (Å²) in [5, 5.41) is 3.48. The van der Waals surface area contributed by atoms with E-state index in [0.717, 1.165) is 10.7 Å². The fourth-order valence-corrected chi connectivity index (χ4v) is 3.36. The minimum absolute atomic E-state index is 0.242. The third-order valence-corrected chi connectivity index (χ3v) is 4.43. The highest BCUT2D eigenvalue weighted by Gasteiger charge is 2.37. The highest BCUT2D eigenvalue weighted by molar-refractivity contribution is 8.16. The van der Waals surface area contributed by atoms with E-state index in [-0.39, 0.29) is 12.0 Å². The minimum atomic E-state index is -0.361. The molecule has 0 unspecified atom stereocenters. The Kier molecular flexibility index (Phi) is 3.78. The van der Waals surface area contributed by atoms with Crippen LogP contribution in [0.15, 0.2) is 52.1 Å². The summed E-state index contributed by atoms with van der Waals surface area (Å²) in [5.74, 6) is -0.361. The van der Waals surface area contributed by atoms with Gasteiger partial charge in [-0.25, -0.2) is 9.79 Å². The second-order valence-electron chi connectivity index (χ2n) is 4.65. The van der Waals surface area contributed by atoms with Gasteiger partial charge in [0.25, 0.3) is 0 Å². The maximum Gasteiger partial charge on any atom is 0.338 e. The van der Waals surface area contributed by atoms with Crippen LogP contribution in [0.4, 0.5) is 0 Å². The highest BCUT2D eigenvalue weighted by atomic mass is 35.5. The Balaban J connectivity index is 2.13. The first-order chi connectivity index (χ1) is 10.1. The Labute approximate surface area is 132 Å². The summed E-state index contributed by atoms with van der Waals surface area (Å²) in [6, 6.07) is 7.23. The molecule has 2 aliphatic rings. The van der Waals surface area contributed by atoms with Gasteiger partial charge in [0.05, 0.1) is 24.4 Å². The number of carbonyl (C=O) groups is 1. The normalized spacial score (nSPS) is 20.4. The van der Waals surface area contributed by atoms with Gasteiger partial charge in [-0.1, -0.05) is 35.5 Å². The molecule has 2 heterocycles. The molecule has 0 saturated heterocycles. The number of rotatable bonds is 2. The molecule has 1 aromatic rings. The number of thioether (sulfide) groups is 1. The summed E-state index contributed by atoms with van der Waals surface area (Å²) >= 11 is 7.49. The summed E-state index contributed by atoms with van der Waals surface area (Å²) in [6.07, 6.45) is 1.93. The molecule has 21 heavy (non-hydrogen) atoms. The van der Waals surface area contributed by atoms with E-state index in [1.165, 1.54) is 18.9 Å². The fraction of sp³-hybridized carbons (Fsp3) is 0.200. The van der Waals surface area contributed by atoms with Gasteiger partial charge < -0.3 is 9.64 Å². The molecule has 0 bridgehead atoms. The molecule has 2 aliphatic heterocycles. The average Bonchev–Trinajstić information content (AvgIpc) is 2.94. The highest BCUT2D eigenvalue weighted by Crippen LogP contribution is 2.41. The van der Waals surface area contributed by atoms with Gasteiger partial charge >= 0.3 is 5.97 Å². The quantitative estimate of drug-likeness (QED) is 0.779. The third-order valence-electron chi connectivity index (χ3n) is 3.41. The van der Waals surface area contributed by atoms with Crippen LogP contribution in [0.25, 0.3) is 0 Å². The summed E-state index contributed by atoms with van der Waals surface area (Å²) in [7, 11) is 1.38. The second-order valence-corrected chi connectivity index (χ2v) is 5.96. The van der Waals surface area contributed by atoms with Crippen molar-refractivity contribution >= 4 is 34.5 Å². The number of fused-ring (bicyclic) bond motifs is 1. The molecule has 1 atom stereocenters. The van der Waals surface area contributed by atoms with Crippen molar-refractivity contribution in [1.29, 1.82) is 0 Å². The molecule has 0 N–H and O–H groups in total. The van der Waals surface area contributed by atoms with Crippen molar-refractivity contribution in [3.8, 4) is 0 Å². The average molecular weight is 321 g/mol. The molecule has 0 aliphatic carbocycles. The monoisotopic (exact) mass is 320 g/mol. The number of carbonyl (C=O) groups excluding carboxylic acids is 1. The van der Waals surface area contributed by atoms with Crippen LogP contribution in [-0.4, -0.2) is 23.1 Å². The van der Waals surface area contributed by atoms with Crippen molar-refractivity contribution in [2.24, 2.45) is 4.99 Å². The molecule has 0 radical (unpaired) electrons. The first-order valence-electron chi connectivity index (χ1n) is 6.36. The lowest BCUT2D eigenvalue weighted by molar-refractivity contribution is -0.136. The largest absolute Gasteiger partial charge is 0.466 e. The Hall–Kier alpha value is -1.72. The van der Waals surface area contributed by atoms with E-state index in [1.54, 1.807) is 0 Å². The fourth-order valence-electron chi connectivity index (χ4n) is 2.44. The molecule has 0 spiro atoms. The predicted molar refractivity (Wildman–Crippen MR) is 84.9 cm³/mol. The van der Waals surface area contributed by atoms with Gasteiger partial charge in [0.15, 0.2) is 5.17 Å². The Morgan fingerprint density at radius 3 is 2.76 bits per heavy atom. The number of allylic oxidation sites excluding steroid dienone is 1. The van der Waals surface area contributed by atoms with Crippen molar-refractivity contribution in [2.75, 3.05) is 7.11 Å². The first-order valence-corrected chi connectivity index (χ1v) is 7.62. The number of hydrogen-bond acceptors (Lipinski definition) is 5. The maximum atomic E-state index is 12.2. The lowest BCUT2D eigenvalue weighted by Gasteiger charge is -2.33. The van der Waals surface area contributed by atoms with Gasteiger partial charge in [-0.15, -0.1) is 0 Å². The van der Waals surface area contributed by atoms with Gasteiger partial charge in [0, 0.05) is 11.2 Å². The maximum absolute atomic E-state index is 12.2. The van der Waals surface area contributed by atoms with Crippen LogP contribution in [0.3, 0.4) is 0 Å². The van der Waals surface area contributed by atoms with Crippen LogP contribution in [-0.2, 0) is 9.53 Å². The van der Waals surface area contributed by atoms with Crippen molar-refractivity contribution < 1.29 is 9.53 Å². The molecule has 0 saturated carbocycles. The molecule has 0 fully saturated rings. The van der Waals surface area contributed by atoms with Crippen LogP contribution in [0.1, 0.15) is 18.5 Å². The van der Waals surface area contributed by atoms with E-state index in [0.29, 0.717) is 16.3 Å².